The number of piperazine rings is 1. The van der Waals surface area contributed by atoms with Gasteiger partial charge in [-0.3, -0.25) is 0 Å². The van der Waals surface area contributed by atoms with E-state index in [0.29, 0.717) is 0 Å². The van der Waals surface area contributed by atoms with Crippen molar-refractivity contribution < 1.29 is 0 Å². The monoisotopic (exact) mass is 410 g/mol. The summed E-state index contributed by atoms with van der Waals surface area (Å²) in [4.78, 5) is 12.2. The van der Waals surface area contributed by atoms with Crippen LogP contribution in [-0.2, 0) is 0 Å². The second kappa shape index (κ2) is 6.39. The van der Waals surface area contributed by atoms with Gasteiger partial charge in [-0.25, -0.2) is 4.99 Å². The molecular formula is C21H23BrN4. The smallest absolute Gasteiger partial charge is 0.115 e. The molecule has 1 aromatic carbocycles. The second-order valence-electron chi connectivity index (χ2n) is 7.45. The summed E-state index contributed by atoms with van der Waals surface area (Å²) in [6.07, 6.45) is 9.99. The lowest BCUT2D eigenvalue weighted by Crippen LogP contribution is -2.44. The zero-order valence-electron chi connectivity index (χ0n) is 15.1. The van der Waals surface area contributed by atoms with Gasteiger partial charge in [0.05, 0.1) is 17.1 Å². The average Bonchev–Trinajstić information content (AvgIpc) is 2.79. The van der Waals surface area contributed by atoms with Gasteiger partial charge >= 0.3 is 0 Å². The van der Waals surface area contributed by atoms with Crippen molar-refractivity contribution in [3.8, 4) is 0 Å². The van der Waals surface area contributed by atoms with E-state index in [0.717, 1.165) is 43.6 Å². The third kappa shape index (κ3) is 2.65. The zero-order valence-corrected chi connectivity index (χ0v) is 16.7. The van der Waals surface area contributed by atoms with Crippen LogP contribution in [0, 0.1) is 0 Å². The average molecular weight is 411 g/mol. The van der Waals surface area contributed by atoms with Crippen LogP contribution in [0.4, 0.5) is 11.4 Å². The molecular weight excluding hydrogens is 388 g/mol. The minimum absolute atomic E-state index is 0.948. The van der Waals surface area contributed by atoms with Gasteiger partial charge in [0.15, 0.2) is 0 Å². The van der Waals surface area contributed by atoms with Crippen LogP contribution in [0.25, 0.3) is 0 Å². The number of benzene rings is 1. The molecule has 0 radical (unpaired) electrons. The normalized spacial score (nSPS) is 22.5. The number of aliphatic imine (C=N–C) groups is 1. The van der Waals surface area contributed by atoms with Gasteiger partial charge < -0.3 is 14.7 Å². The van der Waals surface area contributed by atoms with E-state index in [9.17, 15) is 0 Å². The molecule has 0 unspecified atom stereocenters. The largest absolute Gasteiger partial charge is 0.369 e. The van der Waals surface area contributed by atoms with Gasteiger partial charge in [-0.15, -0.1) is 0 Å². The van der Waals surface area contributed by atoms with Crippen LogP contribution in [0.15, 0.2) is 58.5 Å². The van der Waals surface area contributed by atoms with E-state index in [-0.39, 0.29) is 0 Å². The Morgan fingerprint density at radius 1 is 1.08 bits per heavy atom. The highest BCUT2D eigenvalue weighted by molar-refractivity contribution is 9.18. The molecule has 4 aliphatic rings. The summed E-state index contributed by atoms with van der Waals surface area (Å²) >= 11 is 3.75. The number of anilines is 2. The van der Waals surface area contributed by atoms with Gasteiger partial charge in [-0.1, -0.05) is 6.08 Å². The SMILES string of the molecule is CN1CCN(c2ccc3c(c2)N2C=CC=C4CCCC(=C42)N=C3Br)CC1. The molecule has 1 saturated heterocycles. The Morgan fingerprint density at radius 2 is 1.92 bits per heavy atom. The van der Waals surface area contributed by atoms with Gasteiger partial charge in [-0.05, 0) is 72.1 Å². The van der Waals surface area contributed by atoms with Gasteiger partial charge in [-0.2, -0.15) is 0 Å². The maximum Gasteiger partial charge on any atom is 0.115 e. The van der Waals surface area contributed by atoms with Crippen molar-refractivity contribution in [3.05, 3.63) is 59.1 Å². The Morgan fingerprint density at radius 3 is 2.77 bits per heavy atom. The van der Waals surface area contributed by atoms with Crippen LogP contribution < -0.4 is 9.80 Å². The van der Waals surface area contributed by atoms with Gasteiger partial charge in [0.1, 0.15) is 4.62 Å². The fourth-order valence-corrected chi connectivity index (χ4v) is 4.84. The van der Waals surface area contributed by atoms with E-state index in [1.54, 1.807) is 0 Å². The van der Waals surface area contributed by atoms with E-state index in [2.05, 4.69) is 74.2 Å². The van der Waals surface area contributed by atoms with Crippen molar-refractivity contribution in [1.29, 1.82) is 0 Å². The van der Waals surface area contributed by atoms with Crippen molar-refractivity contribution in [2.75, 3.05) is 43.0 Å². The van der Waals surface area contributed by atoms with Crippen molar-refractivity contribution >= 4 is 31.9 Å². The van der Waals surface area contributed by atoms with Crippen LogP contribution >= 0.6 is 15.9 Å². The van der Waals surface area contributed by atoms with Crippen molar-refractivity contribution in [1.82, 2.24) is 4.90 Å². The molecule has 3 heterocycles. The first kappa shape index (κ1) is 16.3. The Balaban J connectivity index is 1.60. The molecule has 0 bridgehead atoms. The second-order valence-corrected chi connectivity index (χ2v) is 8.20. The lowest BCUT2D eigenvalue weighted by Gasteiger charge is -2.36. The molecule has 0 amide bonds. The molecule has 1 fully saturated rings. The summed E-state index contributed by atoms with van der Waals surface area (Å²) in [5.74, 6) is 0. The molecule has 5 rings (SSSR count). The lowest BCUT2D eigenvalue weighted by atomic mass is 9.93. The third-order valence-electron chi connectivity index (χ3n) is 5.78. The first-order valence-electron chi connectivity index (χ1n) is 9.43. The molecule has 134 valence electrons. The summed E-state index contributed by atoms with van der Waals surface area (Å²) in [6.45, 7) is 4.40. The molecule has 0 atom stereocenters. The highest BCUT2D eigenvalue weighted by Crippen LogP contribution is 2.43. The summed E-state index contributed by atoms with van der Waals surface area (Å²) < 4.78 is 0.948. The Bertz CT molecular complexity index is 872. The topological polar surface area (TPSA) is 22.1 Å². The number of rotatable bonds is 1. The van der Waals surface area contributed by atoms with E-state index >= 15 is 0 Å². The van der Waals surface area contributed by atoms with Gasteiger partial charge in [0.25, 0.3) is 0 Å². The zero-order chi connectivity index (χ0) is 17.7. The minimum Gasteiger partial charge on any atom is -0.369 e. The number of hydrogen-bond donors (Lipinski definition) is 0. The minimum atomic E-state index is 0.948. The number of likely N-dealkylation sites (N-methyl/N-ethyl adjacent to an activating group) is 1. The highest BCUT2D eigenvalue weighted by atomic mass is 79.9. The van der Waals surface area contributed by atoms with E-state index in [1.807, 2.05) is 0 Å². The maximum atomic E-state index is 4.95. The van der Waals surface area contributed by atoms with Crippen molar-refractivity contribution in [3.63, 3.8) is 0 Å². The molecule has 4 nitrogen and oxygen atoms in total. The summed E-state index contributed by atoms with van der Waals surface area (Å²) in [6, 6.07) is 6.81. The quantitative estimate of drug-likeness (QED) is 0.690. The van der Waals surface area contributed by atoms with Gasteiger partial charge in [0.2, 0.25) is 0 Å². The number of hydrogen-bond acceptors (Lipinski definition) is 4. The Kier molecular flexibility index (Phi) is 4.02. The lowest BCUT2D eigenvalue weighted by molar-refractivity contribution is 0.313. The van der Waals surface area contributed by atoms with Crippen LogP contribution in [0.5, 0.6) is 0 Å². The third-order valence-corrected chi connectivity index (χ3v) is 6.38. The molecule has 5 heteroatoms. The van der Waals surface area contributed by atoms with E-state index in [4.69, 9.17) is 4.99 Å². The summed E-state index contributed by atoms with van der Waals surface area (Å²) in [7, 11) is 2.20. The predicted molar refractivity (Wildman–Crippen MR) is 112 cm³/mol. The Hall–Kier alpha value is -1.85. The van der Waals surface area contributed by atoms with Gasteiger partial charge in [0, 0.05) is 43.6 Å². The number of fused-ring (bicyclic) bond motifs is 2. The van der Waals surface area contributed by atoms with E-state index in [1.165, 1.54) is 40.3 Å². The molecule has 0 saturated carbocycles. The fourth-order valence-electron chi connectivity index (χ4n) is 4.29. The standard InChI is InChI=1S/C21H23BrN4/c1-24-10-12-25(13-11-24)16-7-8-17-19(14-16)26-9-3-5-15-4-2-6-18(20(15)26)23-21(17)22/h3,5,7-9,14H,2,4,6,10-13H2,1H3. The number of nitrogens with zero attached hydrogens (tertiary/aromatic N) is 4. The first-order valence-corrected chi connectivity index (χ1v) is 10.2. The maximum absolute atomic E-state index is 4.95. The van der Waals surface area contributed by atoms with Crippen LogP contribution in [-0.4, -0.2) is 42.7 Å². The van der Waals surface area contributed by atoms with Crippen LogP contribution in [0.1, 0.15) is 24.8 Å². The first-order chi connectivity index (χ1) is 12.7. The molecule has 0 spiro atoms. The summed E-state index contributed by atoms with van der Waals surface area (Å²) in [5.41, 5.74) is 7.62. The molecule has 26 heavy (non-hydrogen) atoms. The number of allylic oxidation sites excluding steroid dienone is 4. The highest BCUT2D eigenvalue weighted by Gasteiger charge is 2.29. The molecule has 1 aromatic rings. The van der Waals surface area contributed by atoms with Crippen molar-refractivity contribution in [2.24, 2.45) is 4.99 Å². The van der Waals surface area contributed by atoms with Crippen LogP contribution in [0.2, 0.25) is 0 Å². The van der Waals surface area contributed by atoms with Crippen molar-refractivity contribution in [2.45, 2.75) is 19.3 Å². The van der Waals surface area contributed by atoms with Crippen LogP contribution in [0.3, 0.4) is 0 Å². The summed E-state index contributed by atoms with van der Waals surface area (Å²) in [5, 5.41) is 0. The molecule has 0 aromatic heterocycles. The predicted octanol–water partition coefficient (Wildman–Crippen LogP) is 4.25. The molecule has 3 aliphatic heterocycles. The molecule has 0 N–H and O–H groups in total. The Labute approximate surface area is 163 Å². The van der Waals surface area contributed by atoms with E-state index < -0.39 is 0 Å². The molecule has 1 aliphatic carbocycles. The fraction of sp³-hybridized carbons (Fsp3) is 0.381. The number of halogens is 1.